The predicted molar refractivity (Wildman–Crippen MR) is 34.9 cm³/mol. The van der Waals surface area contributed by atoms with Crippen molar-refractivity contribution < 1.29 is 13.5 Å². The van der Waals surface area contributed by atoms with Crippen LogP contribution in [-0.2, 0) is 24.7 Å². The quantitative estimate of drug-likeness (QED) is 0.617. The third kappa shape index (κ3) is 6.29. The third-order valence-electron chi connectivity index (χ3n) is 0.545. The number of hydrogen-bond donors (Lipinski definition) is 1. The molecular formula is C3H8O3S2. The molecule has 0 bridgehead atoms. The normalized spacial score (nSPS) is 17.8. The van der Waals surface area contributed by atoms with Crippen LogP contribution in [0.4, 0.5) is 0 Å². The molecule has 3 nitrogen and oxygen atoms in total. The predicted octanol–water partition coefficient (Wildman–Crippen LogP) is -0.148. The van der Waals surface area contributed by atoms with Gasteiger partial charge < -0.3 is 9.29 Å². The molecule has 0 fully saturated rings. The van der Waals surface area contributed by atoms with Gasteiger partial charge in [-0.25, -0.2) is 4.21 Å². The summed E-state index contributed by atoms with van der Waals surface area (Å²) in [5.74, 6) is 0.0405. The SMILES string of the molecule is COCCS(=O)(O)=S. The summed E-state index contributed by atoms with van der Waals surface area (Å²) < 4.78 is 23.2. The zero-order chi connectivity index (χ0) is 6.62. The molecule has 0 aromatic heterocycles. The lowest BCUT2D eigenvalue weighted by Gasteiger charge is -1.94. The molecule has 0 aliphatic heterocycles. The topological polar surface area (TPSA) is 46.5 Å². The first-order valence-corrected chi connectivity index (χ1v) is 4.61. The smallest absolute Gasteiger partial charge is 0.143 e. The minimum atomic E-state index is -2.98. The van der Waals surface area contributed by atoms with Crippen LogP contribution in [0.25, 0.3) is 0 Å². The van der Waals surface area contributed by atoms with Crippen molar-refractivity contribution in [1.29, 1.82) is 0 Å². The Balaban J connectivity index is 3.42. The Labute approximate surface area is 53.5 Å². The third-order valence-corrected chi connectivity index (χ3v) is 1.73. The van der Waals surface area contributed by atoms with Crippen molar-refractivity contribution in [2.75, 3.05) is 19.5 Å². The maximum atomic E-state index is 10.2. The summed E-state index contributed by atoms with van der Waals surface area (Å²) in [5.41, 5.74) is 0. The molecule has 0 amide bonds. The van der Waals surface area contributed by atoms with Gasteiger partial charge in [-0.05, 0) is 0 Å². The van der Waals surface area contributed by atoms with E-state index in [1.165, 1.54) is 7.11 Å². The molecule has 0 aromatic carbocycles. The Bertz CT molecular complexity index is 137. The van der Waals surface area contributed by atoms with Crippen molar-refractivity contribution in [2.24, 2.45) is 0 Å². The van der Waals surface area contributed by atoms with Gasteiger partial charge in [0.05, 0.1) is 12.4 Å². The van der Waals surface area contributed by atoms with E-state index < -0.39 is 8.77 Å². The zero-order valence-corrected chi connectivity index (χ0v) is 6.13. The largest absolute Gasteiger partial charge is 0.384 e. The summed E-state index contributed by atoms with van der Waals surface area (Å²) in [6.45, 7) is 0.249. The molecule has 50 valence electrons. The minimum Gasteiger partial charge on any atom is -0.384 e. The van der Waals surface area contributed by atoms with Crippen molar-refractivity contribution in [1.82, 2.24) is 0 Å². The van der Waals surface area contributed by atoms with Gasteiger partial charge in [0.15, 0.2) is 0 Å². The van der Waals surface area contributed by atoms with Crippen LogP contribution >= 0.6 is 0 Å². The van der Waals surface area contributed by atoms with Gasteiger partial charge in [0.2, 0.25) is 0 Å². The van der Waals surface area contributed by atoms with Gasteiger partial charge in [0, 0.05) is 18.3 Å². The second kappa shape index (κ2) is 3.34. The molecule has 0 aliphatic rings. The molecule has 0 radical (unpaired) electrons. The lowest BCUT2D eigenvalue weighted by atomic mass is 10.9. The van der Waals surface area contributed by atoms with Crippen LogP contribution in [0.1, 0.15) is 0 Å². The van der Waals surface area contributed by atoms with Crippen LogP contribution in [0.3, 0.4) is 0 Å². The van der Waals surface area contributed by atoms with Crippen LogP contribution in [0, 0.1) is 0 Å². The van der Waals surface area contributed by atoms with Gasteiger partial charge in [-0.3, -0.25) is 0 Å². The number of methoxy groups -OCH3 is 1. The maximum absolute atomic E-state index is 10.2. The summed E-state index contributed by atoms with van der Waals surface area (Å²) >= 11 is 4.15. The molecule has 0 saturated heterocycles. The van der Waals surface area contributed by atoms with Gasteiger partial charge in [-0.15, -0.1) is 0 Å². The lowest BCUT2D eigenvalue weighted by molar-refractivity contribution is 0.216. The highest BCUT2D eigenvalue weighted by Crippen LogP contribution is 1.81. The molecule has 0 saturated carbocycles. The molecule has 1 atom stereocenters. The Morgan fingerprint density at radius 3 is 2.50 bits per heavy atom. The van der Waals surface area contributed by atoms with Crippen molar-refractivity contribution in [2.45, 2.75) is 0 Å². The fourth-order valence-electron chi connectivity index (χ4n) is 0.189. The molecule has 1 unspecified atom stereocenters. The van der Waals surface area contributed by atoms with Gasteiger partial charge in [-0.1, -0.05) is 0 Å². The number of rotatable bonds is 3. The van der Waals surface area contributed by atoms with Crippen molar-refractivity contribution >= 4 is 20.0 Å². The second-order valence-electron chi connectivity index (χ2n) is 1.28. The Morgan fingerprint density at radius 2 is 2.38 bits per heavy atom. The molecule has 0 rings (SSSR count). The first-order valence-electron chi connectivity index (χ1n) is 2.00. The van der Waals surface area contributed by atoms with Crippen molar-refractivity contribution in [3.8, 4) is 0 Å². The van der Waals surface area contributed by atoms with Crippen LogP contribution in [0.5, 0.6) is 0 Å². The summed E-state index contributed by atoms with van der Waals surface area (Å²) in [6.07, 6.45) is 0. The van der Waals surface area contributed by atoms with E-state index >= 15 is 0 Å². The van der Waals surface area contributed by atoms with Gasteiger partial charge in [0.1, 0.15) is 8.77 Å². The second-order valence-corrected chi connectivity index (χ2v) is 4.41. The zero-order valence-electron chi connectivity index (χ0n) is 4.49. The van der Waals surface area contributed by atoms with E-state index in [1.807, 2.05) is 0 Å². The number of ether oxygens (including phenoxy) is 1. The van der Waals surface area contributed by atoms with Crippen LogP contribution in [0.2, 0.25) is 0 Å². The molecule has 8 heavy (non-hydrogen) atoms. The van der Waals surface area contributed by atoms with E-state index in [2.05, 4.69) is 15.9 Å². The average molecular weight is 156 g/mol. The van der Waals surface area contributed by atoms with E-state index in [0.717, 1.165) is 0 Å². The molecule has 0 aromatic rings. The van der Waals surface area contributed by atoms with E-state index in [1.54, 1.807) is 0 Å². The van der Waals surface area contributed by atoms with E-state index in [9.17, 15) is 4.21 Å². The average Bonchev–Trinajstić information content (AvgIpc) is 1.59. The highest BCUT2D eigenvalue weighted by Gasteiger charge is 1.96. The van der Waals surface area contributed by atoms with Crippen molar-refractivity contribution in [3.05, 3.63) is 0 Å². The number of hydrogen-bond acceptors (Lipinski definition) is 3. The van der Waals surface area contributed by atoms with Crippen LogP contribution in [-0.4, -0.2) is 28.2 Å². The van der Waals surface area contributed by atoms with Crippen LogP contribution in [0.15, 0.2) is 0 Å². The Kier molecular flexibility index (Phi) is 3.46. The standard InChI is InChI=1S/C3H8O3S2/c1-6-2-3-8(4,5)7/h2-3H2,1H3,(H,4,5,7). The van der Waals surface area contributed by atoms with Crippen molar-refractivity contribution in [3.63, 3.8) is 0 Å². The lowest BCUT2D eigenvalue weighted by Crippen LogP contribution is -2.07. The maximum Gasteiger partial charge on any atom is 0.143 e. The highest BCUT2D eigenvalue weighted by atomic mass is 32.8. The fraction of sp³-hybridized carbons (Fsp3) is 1.00. The molecule has 0 spiro atoms. The summed E-state index contributed by atoms with van der Waals surface area (Å²) in [4.78, 5) is 0. The first kappa shape index (κ1) is 8.29. The van der Waals surface area contributed by atoms with E-state index in [-0.39, 0.29) is 12.4 Å². The highest BCUT2D eigenvalue weighted by molar-refractivity contribution is 8.29. The molecular weight excluding hydrogens is 148 g/mol. The van der Waals surface area contributed by atoms with Gasteiger partial charge >= 0.3 is 0 Å². The summed E-state index contributed by atoms with van der Waals surface area (Å²) in [7, 11) is -1.52. The first-order chi connectivity index (χ1) is 3.56. The van der Waals surface area contributed by atoms with Gasteiger partial charge in [-0.2, -0.15) is 0 Å². The Morgan fingerprint density at radius 1 is 1.88 bits per heavy atom. The summed E-state index contributed by atoms with van der Waals surface area (Å²) in [6, 6.07) is 0. The summed E-state index contributed by atoms with van der Waals surface area (Å²) in [5, 5.41) is 0. The van der Waals surface area contributed by atoms with Gasteiger partial charge in [0.25, 0.3) is 0 Å². The van der Waals surface area contributed by atoms with E-state index in [4.69, 9.17) is 4.55 Å². The molecule has 0 heterocycles. The van der Waals surface area contributed by atoms with E-state index in [0.29, 0.717) is 0 Å². The molecule has 5 heteroatoms. The minimum absolute atomic E-state index is 0.0405. The fourth-order valence-corrected chi connectivity index (χ4v) is 0.770. The monoisotopic (exact) mass is 156 g/mol. The molecule has 1 N–H and O–H groups in total. The molecule has 0 aliphatic carbocycles. The Hall–Kier alpha value is 0.290. The van der Waals surface area contributed by atoms with Crippen LogP contribution < -0.4 is 0 Å².